The Kier molecular flexibility index (Phi) is 5.79. The summed E-state index contributed by atoms with van der Waals surface area (Å²) in [5, 5.41) is 8.72. The van der Waals surface area contributed by atoms with E-state index in [1.165, 1.54) is 0 Å². The second-order valence-corrected chi connectivity index (χ2v) is 6.77. The van der Waals surface area contributed by atoms with Crippen molar-refractivity contribution >= 4 is 16.9 Å². The van der Waals surface area contributed by atoms with Crippen molar-refractivity contribution < 1.29 is 23.3 Å². The van der Waals surface area contributed by atoms with Gasteiger partial charge in [0.25, 0.3) is 11.4 Å². The van der Waals surface area contributed by atoms with Crippen LogP contribution in [-0.4, -0.2) is 22.7 Å². The Balaban J connectivity index is 1.86. The fourth-order valence-corrected chi connectivity index (χ4v) is 2.92. The molecule has 0 saturated heterocycles. The quantitative estimate of drug-likeness (QED) is 0.332. The van der Waals surface area contributed by atoms with Gasteiger partial charge in [-0.3, -0.25) is 0 Å². The van der Waals surface area contributed by atoms with Crippen LogP contribution in [0.1, 0.15) is 25.8 Å². The van der Waals surface area contributed by atoms with E-state index in [1.54, 1.807) is 19.1 Å². The fourth-order valence-electron chi connectivity index (χ4n) is 2.92. The van der Waals surface area contributed by atoms with Gasteiger partial charge in [0.15, 0.2) is 11.3 Å². The number of para-hydroxylation sites is 1. The van der Waals surface area contributed by atoms with Crippen LogP contribution in [0.4, 0.5) is 0 Å². The van der Waals surface area contributed by atoms with E-state index in [2.05, 4.69) is 15.3 Å². The van der Waals surface area contributed by atoms with Gasteiger partial charge in [0.2, 0.25) is 5.82 Å². The maximum absolute atomic E-state index is 11.6. The highest BCUT2D eigenvalue weighted by Crippen LogP contribution is 2.28. The molecule has 4 aromatic rings. The topological polar surface area (TPSA) is 100.0 Å². The second-order valence-electron chi connectivity index (χ2n) is 6.77. The zero-order chi connectivity index (χ0) is 21.8. The molecule has 4 rings (SSSR count). The molecule has 0 saturated carbocycles. The highest BCUT2D eigenvalue weighted by molar-refractivity contribution is 5.85. The number of carbonyl (C=O) groups excluding carboxylic acids is 1. The van der Waals surface area contributed by atoms with Crippen LogP contribution < -0.4 is 10.3 Å². The highest BCUT2D eigenvalue weighted by atomic mass is 16.7. The highest BCUT2D eigenvalue weighted by Gasteiger charge is 2.17. The number of fused-ring (bicyclic) bond motifs is 1. The summed E-state index contributed by atoms with van der Waals surface area (Å²) in [7, 11) is 0. The summed E-state index contributed by atoms with van der Waals surface area (Å²) < 4.78 is 17.1. The lowest BCUT2D eigenvalue weighted by molar-refractivity contribution is -0.144. The number of rotatable bonds is 6. The van der Waals surface area contributed by atoms with Gasteiger partial charge in [0.1, 0.15) is 5.56 Å². The summed E-state index contributed by atoms with van der Waals surface area (Å²) in [6.45, 7) is 6.03. The number of aryl methyl sites for hydroxylation is 1. The van der Waals surface area contributed by atoms with E-state index in [-0.39, 0.29) is 17.9 Å². The van der Waals surface area contributed by atoms with Crippen LogP contribution in [0, 0.1) is 6.92 Å². The Hall–Kier alpha value is -3.94. The van der Waals surface area contributed by atoms with Crippen molar-refractivity contribution in [1.29, 1.82) is 0 Å². The maximum Gasteiger partial charge on any atom is 0.334 e. The summed E-state index contributed by atoms with van der Waals surface area (Å²) in [6.07, 6.45) is 0.175. The minimum absolute atomic E-state index is 0.0283. The molecular weight excluding hydrogens is 398 g/mol. The van der Waals surface area contributed by atoms with Gasteiger partial charge < -0.3 is 18.5 Å². The number of aromatic nitrogens is 2. The molecule has 0 N–H and O–H groups in total. The van der Waals surface area contributed by atoms with Crippen LogP contribution in [0.5, 0.6) is 5.75 Å². The smallest absolute Gasteiger partial charge is 0.334 e. The molecule has 0 radical (unpaired) electrons. The summed E-state index contributed by atoms with van der Waals surface area (Å²) in [5.74, 6) is 0.671. The van der Waals surface area contributed by atoms with E-state index in [4.69, 9.17) is 18.5 Å². The summed E-state index contributed by atoms with van der Waals surface area (Å²) >= 11 is 0. The van der Waals surface area contributed by atoms with E-state index in [9.17, 15) is 4.79 Å². The second kappa shape index (κ2) is 8.83. The third kappa shape index (κ3) is 4.32. The largest absolute Gasteiger partial charge is 0.490 e. The Bertz CT molecular complexity index is 1290. The predicted octanol–water partition coefficient (Wildman–Crippen LogP) is 4.63. The van der Waals surface area contributed by atoms with E-state index in [0.717, 1.165) is 16.5 Å². The Morgan fingerprint density at radius 2 is 1.94 bits per heavy atom. The first kappa shape index (κ1) is 20.3. The van der Waals surface area contributed by atoms with Crippen molar-refractivity contribution in [2.75, 3.05) is 6.61 Å². The average Bonchev–Trinajstić information content (AvgIpc) is 3.28. The Morgan fingerprint density at radius 1 is 1.13 bits per heavy atom. The van der Waals surface area contributed by atoms with Crippen LogP contribution in [0.3, 0.4) is 0 Å². The molecule has 0 bridgehead atoms. The normalized spacial score (nSPS) is 11.6. The van der Waals surface area contributed by atoms with Crippen molar-refractivity contribution in [3.8, 4) is 28.6 Å². The molecule has 0 spiro atoms. The molecule has 0 unspecified atom stereocenters. The van der Waals surface area contributed by atoms with E-state index < -0.39 is 5.97 Å². The summed E-state index contributed by atoms with van der Waals surface area (Å²) in [6, 6.07) is 15.1. The minimum atomic E-state index is -0.495. The molecule has 8 heteroatoms. The molecule has 31 heavy (non-hydrogen) atoms. The molecule has 0 aliphatic heterocycles. The third-order valence-electron chi connectivity index (χ3n) is 4.52. The number of hydrogen-bond acceptors (Lipinski definition) is 8. The van der Waals surface area contributed by atoms with E-state index in [1.807, 2.05) is 50.2 Å². The Labute approximate surface area is 178 Å². The van der Waals surface area contributed by atoms with Gasteiger partial charge in [-0.1, -0.05) is 54.0 Å². The zero-order valence-corrected chi connectivity index (χ0v) is 17.4. The summed E-state index contributed by atoms with van der Waals surface area (Å²) in [4.78, 5) is 21.1. The molecule has 0 aliphatic rings. The number of nitrogens with zero attached hydrogens (tertiary/aromatic N) is 3. The van der Waals surface area contributed by atoms with E-state index in [0.29, 0.717) is 29.3 Å². The minimum Gasteiger partial charge on any atom is -0.490 e. The fraction of sp³-hybridized carbons (Fsp3) is 0.217. The lowest BCUT2D eigenvalue weighted by Crippen LogP contribution is -2.10. The Morgan fingerprint density at radius 3 is 2.68 bits per heavy atom. The van der Waals surface area contributed by atoms with Crippen molar-refractivity contribution in [1.82, 2.24) is 10.1 Å². The molecule has 0 aliphatic carbocycles. The zero-order valence-electron chi connectivity index (χ0n) is 17.4. The average molecular weight is 419 g/mol. The van der Waals surface area contributed by atoms with Gasteiger partial charge in [-0.2, -0.15) is 4.98 Å². The van der Waals surface area contributed by atoms with Crippen LogP contribution in [0.15, 0.2) is 62.6 Å². The number of hydrogen-bond donors (Lipinski definition) is 0. The number of carbonyl (C=O) groups is 1. The molecule has 2 aromatic heterocycles. The van der Waals surface area contributed by atoms with Crippen LogP contribution in [0.25, 0.3) is 33.8 Å². The van der Waals surface area contributed by atoms with Gasteiger partial charge in [-0.15, -0.1) is 0 Å². The molecular formula is C23H21N3O5. The standard InChI is InChI=1S/C23H21N3O5/c1-4-19(27)30-26-23-17(13-16-7-6-8-18(28-5-2)20(16)29-23)22-24-21(25-31-22)15-11-9-14(3)10-12-15/h6-13H,4-5H2,1-3H3/b26-23-. The molecule has 0 atom stereocenters. The first-order valence-corrected chi connectivity index (χ1v) is 9.93. The molecule has 2 heterocycles. The molecule has 8 nitrogen and oxygen atoms in total. The van der Waals surface area contributed by atoms with Gasteiger partial charge in [0.05, 0.1) is 6.61 Å². The summed E-state index contributed by atoms with van der Waals surface area (Å²) in [5.41, 5.74) is 2.84. The first-order valence-electron chi connectivity index (χ1n) is 9.93. The van der Waals surface area contributed by atoms with Crippen LogP contribution >= 0.6 is 0 Å². The lowest BCUT2D eigenvalue weighted by atomic mass is 10.1. The van der Waals surface area contributed by atoms with Crippen molar-refractivity contribution in [3.63, 3.8) is 0 Å². The lowest BCUT2D eigenvalue weighted by Gasteiger charge is -2.07. The predicted molar refractivity (Wildman–Crippen MR) is 113 cm³/mol. The van der Waals surface area contributed by atoms with Crippen molar-refractivity contribution in [2.24, 2.45) is 5.16 Å². The maximum atomic E-state index is 11.6. The molecule has 0 amide bonds. The molecule has 158 valence electrons. The number of benzene rings is 2. The van der Waals surface area contributed by atoms with E-state index >= 15 is 0 Å². The van der Waals surface area contributed by atoms with Crippen molar-refractivity contribution in [2.45, 2.75) is 27.2 Å². The third-order valence-corrected chi connectivity index (χ3v) is 4.52. The molecule has 2 aromatic carbocycles. The van der Waals surface area contributed by atoms with Crippen LogP contribution in [0.2, 0.25) is 0 Å². The van der Waals surface area contributed by atoms with Crippen molar-refractivity contribution in [3.05, 3.63) is 59.6 Å². The van der Waals surface area contributed by atoms with Crippen LogP contribution in [-0.2, 0) is 9.63 Å². The monoisotopic (exact) mass is 419 g/mol. The first-order chi connectivity index (χ1) is 15.1. The molecule has 0 fully saturated rings. The SMILES string of the molecule is CCOc1cccc2cc(-c3nc(-c4ccc(C)cc4)no3)/c(=N/OC(=O)CC)oc12. The number of ether oxygens (including phenoxy) is 1. The van der Waals surface area contributed by atoms with Gasteiger partial charge in [-0.05, 0) is 31.1 Å². The van der Waals surface area contributed by atoms with Gasteiger partial charge in [-0.25, -0.2) is 4.79 Å². The van der Waals surface area contributed by atoms with Gasteiger partial charge in [0, 0.05) is 17.4 Å². The van der Waals surface area contributed by atoms with Gasteiger partial charge >= 0.3 is 5.97 Å².